The molecule has 0 radical (unpaired) electrons. The first-order valence-corrected chi connectivity index (χ1v) is 5.94. The zero-order chi connectivity index (χ0) is 12.3. The summed E-state index contributed by atoms with van der Waals surface area (Å²) in [6, 6.07) is 0. The lowest BCUT2D eigenvalue weighted by Crippen LogP contribution is -2.06. The molecule has 0 saturated heterocycles. The van der Waals surface area contributed by atoms with E-state index in [1.165, 1.54) is 11.8 Å². The van der Waals surface area contributed by atoms with Crippen molar-refractivity contribution in [3.05, 3.63) is 12.2 Å². The monoisotopic (exact) mass is 252 g/mol. The highest BCUT2D eigenvalue weighted by atomic mass is 32.2. The number of aryl methyl sites for hydroxylation is 1. The molecule has 2 heterocycles. The predicted octanol–water partition coefficient (Wildman–Crippen LogP) is -0.0603. The Balaban J connectivity index is 2.07. The number of thioether (sulfide) groups is 1. The quantitative estimate of drug-likeness (QED) is 0.726. The molecule has 9 heteroatoms. The van der Waals surface area contributed by atoms with Crippen molar-refractivity contribution in [1.29, 1.82) is 0 Å². The van der Waals surface area contributed by atoms with Gasteiger partial charge in [-0.2, -0.15) is 15.0 Å². The van der Waals surface area contributed by atoms with Crippen LogP contribution in [0, 0.1) is 0 Å². The van der Waals surface area contributed by atoms with Gasteiger partial charge >= 0.3 is 0 Å². The fraction of sp³-hybridized carbons (Fsp3) is 0.375. The van der Waals surface area contributed by atoms with Crippen LogP contribution in [-0.2, 0) is 12.3 Å². The summed E-state index contributed by atoms with van der Waals surface area (Å²) >= 11 is 1.47. The minimum Gasteiger partial charge on any atom is -0.368 e. The van der Waals surface area contributed by atoms with Crippen molar-refractivity contribution in [2.24, 2.45) is 0 Å². The van der Waals surface area contributed by atoms with E-state index in [0.717, 1.165) is 11.7 Å². The van der Waals surface area contributed by atoms with Crippen molar-refractivity contribution in [3.63, 3.8) is 0 Å². The molecule has 2 aromatic heterocycles. The van der Waals surface area contributed by atoms with Crippen molar-refractivity contribution in [2.45, 2.75) is 24.4 Å². The van der Waals surface area contributed by atoms with Crippen LogP contribution in [0.5, 0.6) is 0 Å². The maximum atomic E-state index is 5.48. The molecule has 90 valence electrons. The minimum absolute atomic E-state index is 0.130. The van der Waals surface area contributed by atoms with Gasteiger partial charge in [-0.1, -0.05) is 11.8 Å². The van der Waals surface area contributed by atoms with E-state index in [0.29, 0.717) is 11.6 Å². The van der Waals surface area contributed by atoms with Gasteiger partial charge in [0, 0.05) is 6.54 Å². The molecule has 0 aromatic carbocycles. The van der Waals surface area contributed by atoms with Crippen molar-refractivity contribution in [2.75, 3.05) is 11.5 Å². The fourth-order valence-electron chi connectivity index (χ4n) is 1.22. The van der Waals surface area contributed by atoms with Gasteiger partial charge in [0.15, 0.2) is 5.16 Å². The summed E-state index contributed by atoms with van der Waals surface area (Å²) in [6.07, 6.45) is 1.68. The number of hydrogen-bond donors (Lipinski definition) is 2. The van der Waals surface area contributed by atoms with Crippen LogP contribution in [-0.4, -0.2) is 29.7 Å². The average molecular weight is 252 g/mol. The normalized spacial score (nSPS) is 10.6. The molecule has 2 rings (SSSR count). The van der Waals surface area contributed by atoms with E-state index in [-0.39, 0.29) is 11.9 Å². The first-order valence-electron chi connectivity index (χ1n) is 4.95. The molecule has 0 atom stereocenters. The first kappa shape index (κ1) is 11.6. The van der Waals surface area contributed by atoms with E-state index in [1.807, 2.05) is 11.5 Å². The van der Waals surface area contributed by atoms with Gasteiger partial charge in [0.1, 0.15) is 12.2 Å². The topological polar surface area (TPSA) is 121 Å². The Bertz CT molecular complexity index is 490. The zero-order valence-electron chi connectivity index (χ0n) is 9.24. The Morgan fingerprint density at radius 2 is 1.94 bits per heavy atom. The van der Waals surface area contributed by atoms with Gasteiger partial charge in [0.05, 0.1) is 5.75 Å². The van der Waals surface area contributed by atoms with Crippen LogP contribution in [0.25, 0.3) is 0 Å². The number of nitrogens with zero attached hydrogens (tertiary/aromatic N) is 6. The SMILES string of the molecule is CCn1cnnc1SCc1nc(N)nc(N)n1. The second-order valence-electron chi connectivity index (χ2n) is 3.16. The average Bonchev–Trinajstić information content (AvgIpc) is 2.72. The van der Waals surface area contributed by atoms with Crippen LogP contribution < -0.4 is 11.5 Å². The first-order chi connectivity index (χ1) is 8.19. The number of aromatic nitrogens is 6. The lowest BCUT2D eigenvalue weighted by Gasteiger charge is -2.03. The number of anilines is 2. The number of hydrogen-bond acceptors (Lipinski definition) is 8. The second kappa shape index (κ2) is 4.95. The molecule has 17 heavy (non-hydrogen) atoms. The summed E-state index contributed by atoms with van der Waals surface area (Å²) in [5.74, 6) is 1.32. The Kier molecular flexibility index (Phi) is 3.38. The van der Waals surface area contributed by atoms with E-state index in [9.17, 15) is 0 Å². The van der Waals surface area contributed by atoms with Crippen LogP contribution in [0.4, 0.5) is 11.9 Å². The molecule has 0 amide bonds. The van der Waals surface area contributed by atoms with E-state index < -0.39 is 0 Å². The van der Waals surface area contributed by atoms with Crippen molar-refractivity contribution < 1.29 is 0 Å². The molecule has 0 spiro atoms. The largest absolute Gasteiger partial charge is 0.368 e. The lowest BCUT2D eigenvalue weighted by molar-refractivity contribution is 0.680. The molecule has 0 saturated carbocycles. The summed E-state index contributed by atoms with van der Waals surface area (Å²) in [5.41, 5.74) is 11.0. The number of rotatable bonds is 4. The Labute approximate surface area is 102 Å². The number of nitrogens with two attached hydrogens (primary N) is 2. The van der Waals surface area contributed by atoms with Crippen LogP contribution >= 0.6 is 11.8 Å². The van der Waals surface area contributed by atoms with E-state index in [2.05, 4.69) is 25.1 Å². The third kappa shape index (κ3) is 2.81. The van der Waals surface area contributed by atoms with Gasteiger partial charge in [0.25, 0.3) is 0 Å². The molecule has 0 unspecified atom stereocenters. The highest BCUT2D eigenvalue weighted by Gasteiger charge is 2.07. The van der Waals surface area contributed by atoms with Crippen LogP contribution in [0.1, 0.15) is 12.7 Å². The van der Waals surface area contributed by atoms with Gasteiger partial charge in [-0.25, -0.2) is 0 Å². The Morgan fingerprint density at radius 3 is 2.59 bits per heavy atom. The standard InChI is InChI=1S/C8H12N8S/c1-2-16-4-11-15-8(16)17-3-5-12-6(9)14-7(10)13-5/h4H,2-3H2,1H3,(H4,9,10,12,13,14). The molecule has 0 bridgehead atoms. The molecule has 2 aromatic rings. The van der Waals surface area contributed by atoms with Gasteiger partial charge < -0.3 is 16.0 Å². The molecule has 0 aliphatic heterocycles. The van der Waals surface area contributed by atoms with Crippen molar-refractivity contribution >= 4 is 23.7 Å². The van der Waals surface area contributed by atoms with Crippen LogP contribution in [0.15, 0.2) is 11.5 Å². The predicted molar refractivity (Wildman–Crippen MR) is 63.9 cm³/mol. The molecular formula is C8H12N8S. The maximum Gasteiger partial charge on any atom is 0.225 e. The second-order valence-corrected chi connectivity index (χ2v) is 4.10. The third-order valence-corrected chi connectivity index (χ3v) is 2.94. The zero-order valence-corrected chi connectivity index (χ0v) is 10.1. The fourth-order valence-corrected chi connectivity index (χ4v) is 2.06. The summed E-state index contributed by atoms with van der Waals surface area (Å²) in [5, 5.41) is 8.63. The van der Waals surface area contributed by atoms with Gasteiger partial charge in [0.2, 0.25) is 11.9 Å². The summed E-state index contributed by atoms with van der Waals surface area (Å²) < 4.78 is 1.93. The number of nitrogen functional groups attached to an aromatic ring is 2. The molecular weight excluding hydrogens is 240 g/mol. The summed E-state index contributed by atoms with van der Waals surface area (Å²) in [7, 11) is 0. The molecule has 0 aliphatic carbocycles. The van der Waals surface area contributed by atoms with Gasteiger partial charge in [-0.3, -0.25) is 0 Å². The van der Waals surface area contributed by atoms with E-state index in [4.69, 9.17) is 11.5 Å². The molecule has 8 nitrogen and oxygen atoms in total. The van der Waals surface area contributed by atoms with Crippen molar-refractivity contribution in [1.82, 2.24) is 29.7 Å². The minimum atomic E-state index is 0.130. The third-order valence-electron chi connectivity index (χ3n) is 1.97. The Morgan fingerprint density at radius 1 is 1.24 bits per heavy atom. The van der Waals surface area contributed by atoms with Crippen LogP contribution in [0.2, 0.25) is 0 Å². The van der Waals surface area contributed by atoms with Gasteiger partial charge in [-0.15, -0.1) is 10.2 Å². The molecule has 0 aliphatic rings. The van der Waals surface area contributed by atoms with Gasteiger partial charge in [-0.05, 0) is 6.92 Å². The molecule has 0 fully saturated rings. The highest BCUT2D eigenvalue weighted by Crippen LogP contribution is 2.18. The van der Waals surface area contributed by atoms with Crippen molar-refractivity contribution in [3.8, 4) is 0 Å². The summed E-state index contributed by atoms with van der Waals surface area (Å²) in [4.78, 5) is 11.7. The smallest absolute Gasteiger partial charge is 0.225 e. The summed E-state index contributed by atoms with van der Waals surface area (Å²) in [6.45, 7) is 2.84. The Hall–Kier alpha value is -1.90. The highest BCUT2D eigenvalue weighted by molar-refractivity contribution is 7.98. The van der Waals surface area contributed by atoms with Crippen LogP contribution in [0.3, 0.4) is 0 Å². The maximum absolute atomic E-state index is 5.48. The van der Waals surface area contributed by atoms with E-state index in [1.54, 1.807) is 6.33 Å². The lowest BCUT2D eigenvalue weighted by atomic mass is 10.7. The molecule has 4 N–H and O–H groups in total. The van der Waals surface area contributed by atoms with E-state index >= 15 is 0 Å².